The van der Waals surface area contributed by atoms with Crippen LogP contribution in [0.5, 0.6) is 0 Å². The van der Waals surface area contributed by atoms with Crippen LogP contribution in [0, 0.1) is 0 Å². The topological polar surface area (TPSA) is 63.2 Å². The number of anilines is 1. The van der Waals surface area contributed by atoms with Crippen LogP contribution in [0.2, 0.25) is 5.02 Å². The van der Waals surface area contributed by atoms with Gasteiger partial charge in [-0.2, -0.15) is 0 Å². The summed E-state index contributed by atoms with van der Waals surface area (Å²) in [5.74, 6) is -0.339. The molecule has 0 aliphatic heterocycles. The van der Waals surface area contributed by atoms with Crippen molar-refractivity contribution in [3.8, 4) is 0 Å². The van der Waals surface area contributed by atoms with Crippen LogP contribution in [0.15, 0.2) is 83.8 Å². The fourth-order valence-electron chi connectivity index (χ4n) is 2.42. The van der Waals surface area contributed by atoms with E-state index in [0.717, 1.165) is 0 Å². The first-order chi connectivity index (χ1) is 12.4. The van der Waals surface area contributed by atoms with Crippen molar-refractivity contribution in [2.75, 3.05) is 5.32 Å². The lowest BCUT2D eigenvalue weighted by Crippen LogP contribution is -2.11. The van der Waals surface area contributed by atoms with Crippen molar-refractivity contribution in [1.82, 2.24) is 0 Å². The van der Waals surface area contributed by atoms with E-state index >= 15 is 0 Å². The fraction of sp³-hybridized carbons (Fsp3) is 0.0500. The summed E-state index contributed by atoms with van der Waals surface area (Å²) in [7, 11) is -3.45. The van der Waals surface area contributed by atoms with E-state index in [0.29, 0.717) is 21.8 Å². The summed E-state index contributed by atoms with van der Waals surface area (Å²) in [4.78, 5) is 12.3. The molecule has 0 radical (unpaired) electrons. The molecular formula is C20H16ClNO3S. The molecule has 0 aromatic heterocycles. The van der Waals surface area contributed by atoms with Gasteiger partial charge in [0.25, 0.3) is 5.91 Å². The Morgan fingerprint density at radius 3 is 2.08 bits per heavy atom. The van der Waals surface area contributed by atoms with Crippen LogP contribution >= 0.6 is 11.6 Å². The zero-order valence-electron chi connectivity index (χ0n) is 13.7. The number of carbonyl (C=O) groups excluding carboxylic acids is 1. The quantitative estimate of drug-likeness (QED) is 0.699. The molecule has 6 heteroatoms. The first-order valence-electron chi connectivity index (χ1n) is 7.88. The number of nitrogens with one attached hydrogen (secondary N) is 1. The van der Waals surface area contributed by atoms with E-state index in [1.165, 1.54) is 12.1 Å². The molecule has 0 fully saturated rings. The van der Waals surface area contributed by atoms with E-state index in [1.807, 2.05) is 6.07 Å². The minimum Gasteiger partial charge on any atom is -0.322 e. The highest BCUT2D eigenvalue weighted by Crippen LogP contribution is 2.20. The lowest BCUT2D eigenvalue weighted by Gasteiger charge is -2.08. The molecular weight excluding hydrogens is 370 g/mol. The van der Waals surface area contributed by atoms with Crippen molar-refractivity contribution in [1.29, 1.82) is 0 Å². The molecule has 132 valence electrons. The largest absolute Gasteiger partial charge is 0.322 e. The molecule has 0 atom stereocenters. The Morgan fingerprint density at radius 1 is 0.846 bits per heavy atom. The molecule has 26 heavy (non-hydrogen) atoms. The van der Waals surface area contributed by atoms with E-state index < -0.39 is 9.84 Å². The van der Waals surface area contributed by atoms with Gasteiger partial charge in [0.05, 0.1) is 10.6 Å². The van der Waals surface area contributed by atoms with Crippen LogP contribution in [-0.4, -0.2) is 14.3 Å². The maximum Gasteiger partial charge on any atom is 0.255 e. The predicted octanol–water partition coefficient (Wildman–Crippen LogP) is 4.57. The van der Waals surface area contributed by atoms with Gasteiger partial charge in [0.15, 0.2) is 9.84 Å². The van der Waals surface area contributed by atoms with E-state index in [-0.39, 0.29) is 16.6 Å². The van der Waals surface area contributed by atoms with Crippen molar-refractivity contribution in [3.63, 3.8) is 0 Å². The highest BCUT2D eigenvalue weighted by atomic mass is 35.5. The van der Waals surface area contributed by atoms with E-state index in [4.69, 9.17) is 11.6 Å². The fourth-order valence-corrected chi connectivity index (χ4v) is 3.90. The average molecular weight is 386 g/mol. The van der Waals surface area contributed by atoms with Crippen molar-refractivity contribution in [2.45, 2.75) is 10.6 Å². The molecule has 3 aromatic rings. The van der Waals surface area contributed by atoms with E-state index in [2.05, 4.69) is 5.32 Å². The Labute approximate surface area is 157 Å². The Morgan fingerprint density at radius 2 is 1.46 bits per heavy atom. The molecule has 0 spiro atoms. The molecule has 0 aliphatic rings. The molecule has 0 saturated carbocycles. The predicted molar refractivity (Wildman–Crippen MR) is 103 cm³/mol. The van der Waals surface area contributed by atoms with Crippen molar-refractivity contribution < 1.29 is 13.2 Å². The number of sulfone groups is 1. The van der Waals surface area contributed by atoms with Gasteiger partial charge in [-0.1, -0.05) is 41.9 Å². The van der Waals surface area contributed by atoms with Crippen LogP contribution in [0.4, 0.5) is 5.69 Å². The average Bonchev–Trinajstić information content (AvgIpc) is 2.64. The SMILES string of the molecule is O=C(Nc1ccc(CS(=O)(=O)c2ccc(Cl)cc2)cc1)c1ccccc1. The van der Waals surface area contributed by atoms with E-state index in [9.17, 15) is 13.2 Å². The molecule has 3 aromatic carbocycles. The van der Waals surface area contributed by atoms with Gasteiger partial charge in [-0.05, 0) is 54.1 Å². The highest BCUT2D eigenvalue weighted by Gasteiger charge is 2.15. The minimum absolute atomic E-state index is 0.123. The summed E-state index contributed by atoms with van der Waals surface area (Å²) in [6.45, 7) is 0. The molecule has 0 bridgehead atoms. The highest BCUT2D eigenvalue weighted by molar-refractivity contribution is 7.90. The second-order valence-electron chi connectivity index (χ2n) is 5.73. The summed E-state index contributed by atoms with van der Waals surface area (Å²) < 4.78 is 24.9. The first kappa shape index (κ1) is 18.2. The molecule has 3 rings (SSSR count). The number of hydrogen-bond donors (Lipinski definition) is 1. The second kappa shape index (κ2) is 7.72. The smallest absolute Gasteiger partial charge is 0.255 e. The van der Waals surface area contributed by atoms with Gasteiger partial charge in [0.1, 0.15) is 0 Å². The Hall–Kier alpha value is -2.63. The van der Waals surface area contributed by atoms with Gasteiger partial charge in [-0.3, -0.25) is 4.79 Å². The third-order valence-corrected chi connectivity index (χ3v) is 5.73. The molecule has 1 N–H and O–H groups in total. The standard InChI is InChI=1S/C20H16ClNO3S/c21-17-8-12-19(13-9-17)26(24,25)14-15-6-10-18(11-7-15)22-20(23)16-4-2-1-3-5-16/h1-13H,14H2,(H,22,23). The Balaban J connectivity index is 1.69. The summed E-state index contributed by atoms with van der Waals surface area (Å²) in [5, 5.41) is 3.27. The molecule has 0 aliphatic carbocycles. The van der Waals surface area contributed by atoms with Gasteiger partial charge in [-0.15, -0.1) is 0 Å². The molecule has 4 nitrogen and oxygen atoms in total. The maximum absolute atomic E-state index is 12.4. The van der Waals surface area contributed by atoms with Gasteiger partial charge in [0, 0.05) is 16.3 Å². The van der Waals surface area contributed by atoms with Crippen LogP contribution in [-0.2, 0) is 15.6 Å². The first-order valence-corrected chi connectivity index (χ1v) is 9.91. The number of amides is 1. The van der Waals surface area contributed by atoms with Gasteiger partial charge in [0.2, 0.25) is 0 Å². The molecule has 0 heterocycles. The number of carbonyl (C=O) groups is 1. The summed E-state index contributed by atoms with van der Waals surface area (Å²) >= 11 is 5.80. The van der Waals surface area contributed by atoms with Crippen molar-refractivity contribution >= 4 is 33.0 Å². The van der Waals surface area contributed by atoms with Crippen molar-refractivity contribution in [2.24, 2.45) is 0 Å². The third kappa shape index (κ3) is 4.50. The molecule has 1 amide bonds. The number of rotatable bonds is 5. The number of hydrogen-bond acceptors (Lipinski definition) is 3. The van der Waals surface area contributed by atoms with Gasteiger partial charge in [-0.25, -0.2) is 8.42 Å². The van der Waals surface area contributed by atoms with Crippen LogP contribution in [0.25, 0.3) is 0 Å². The van der Waals surface area contributed by atoms with Gasteiger partial charge < -0.3 is 5.32 Å². The van der Waals surface area contributed by atoms with Gasteiger partial charge >= 0.3 is 0 Å². The molecule has 0 unspecified atom stereocenters. The summed E-state index contributed by atoms with van der Waals surface area (Å²) in [6.07, 6.45) is 0. The summed E-state index contributed by atoms with van der Waals surface area (Å²) in [5.41, 5.74) is 1.80. The second-order valence-corrected chi connectivity index (χ2v) is 8.16. The number of halogens is 1. The monoisotopic (exact) mass is 385 g/mol. The normalized spacial score (nSPS) is 11.1. The Kier molecular flexibility index (Phi) is 5.40. The number of benzene rings is 3. The van der Waals surface area contributed by atoms with Crippen LogP contribution < -0.4 is 5.32 Å². The maximum atomic E-state index is 12.4. The summed E-state index contributed by atoms with van der Waals surface area (Å²) in [6, 6.07) is 21.7. The lowest BCUT2D eigenvalue weighted by molar-refractivity contribution is 0.102. The van der Waals surface area contributed by atoms with Crippen LogP contribution in [0.1, 0.15) is 15.9 Å². The van der Waals surface area contributed by atoms with Crippen LogP contribution in [0.3, 0.4) is 0 Å². The third-order valence-electron chi connectivity index (χ3n) is 3.78. The zero-order chi connectivity index (χ0) is 18.6. The molecule has 0 saturated heterocycles. The lowest BCUT2D eigenvalue weighted by atomic mass is 10.2. The zero-order valence-corrected chi connectivity index (χ0v) is 15.3. The van der Waals surface area contributed by atoms with Crippen molar-refractivity contribution in [3.05, 3.63) is 95.0 Å². The minimum atomic E-state index is -3.45. The Bertz CT molecular complexity index is 999. The van der Waals surface area contributed by atoms with E-state index in [1.54, 1.807) is 60.7 Å².